The van der Waals surface area contributed by atoms with Gasteiger partial charge in [0.1, 0.15) is 126 Å². The predicted molar refractivity (Wildman–Crippen MR) is 525 cm³/mol. The number of carbonyl (C=O) groups excluding carboxylic acids is 21. The zero-order chi connectivity index (χ0) is 110. The molecule has 3 aliphatic rings. The van der Waals surface area contributed by atoms with Gasteiger partial charge in [-0.25, -0.2) is 4.79 Å². The van der Waals surface area contributed by atoms with Crippen molar-refractivity contribution in [2.24, 2.45) is 34.6 Å². The minimum absolute atomic E-state index is 0.0465. The molecule has 0 radical (unpaired) electrons. The fourth-order valence-electron chi connectivity index (χ4n) is 16.5. The Morgan fingerprint density at radius 3 is 0.993 bits per heavy atom. The lowest BCUT2D eigenvalue weighted by Gasteiger charge is -2.35. The number of hydrogen-bond acceptors (Lipinski definition) is 32. The lowest BCUT2D eigenvalue weighted by molar-refractivity contribution is -0.151. The number of primary amides is 4. The number of likely N-dealkylation sites (tertiary alicyclic amines) is 3. The molecule has 7 rings (SSSR count). The topological polar surface area (TPSA) is 866 Å². The molecule has 4 aromatic rings. The number of aliphatic hydroxyl groups is 4. The van der Waals surface area contributed by atoms with Crippen molar-refractivity contribution in [2.45, 2.75) is 252 Å². The fraction of sp³-hybridized carbons (Fsp3) is 0.516. The Bertz CT molecular complexity index is 5440. The summed E-state index contributed by atoms with van der Waals surface area (Å²) in [7, 11) is 0. The number of nitrogens with one attached hydrogen (secondary N) is 14. The number of phenolic OH excluding ortho intramolecular Hbond substituents is 4. The summed E-state index contributed by atoms with van der Waals surface area (Å²) in [5.74, 6) is -26.6. The Kier molecular flexibility index (Phi) is 47.1. The van der Waals surface area contributed by atoms with Crippen molar-refractivity contribution in [3.8, 4) is 23.0 Å². The number of carboxylic acid groups (broad SMARTS) is 1. The fourth-order valence-corrected chi connectivity index (χ4v) is 17.0. The third-order valence-corrected chi connectivity index (χ3v) is 25.1. The lowest BCUT2D eigenvalue weighted by Crippen LogP contribution is -2.63. The number of carbonyl (C=O) groups is 22. The molecule has 4 aromatic carbocycles. The first-order valence-electron chi connectivity index (χ1n) is 47.8. The molecule has 21 amide bonds. The number of benzene rings is 4. The average molecular weight is 2110 g/mol. The number of rotatable bonds is 58. The van der Waals surface area contributed by atoms with Crippen molar-refractivity contribution in [1.29, 1.82) is 0 Å². The van der Waals surface area contributed by atoms with Crippen LogP contribution in [0.3, 0.4) is 0 Å². The van der Waals surface area contributed by atoms with Gasteiger partial charge in [-0.2, -0.15) is 11.8 Å². The maximum atomic E-state index is 15.1. The molecule has 814 valence electrons. The lowest BCUT2D eigenvalue weighted by atomic mass is 10.00. The summed E-state index contributed by atoms with van der Waals surface area (Å²) >= 11 is 1.16. The van der Waals surface area contributed by atoms with Crippen molar-refractivity contribution in [3.63, 3.8) is 0 Å². The number of hydrogen-bond donors (Lipinski definition) is 28. The summed E-state index contributed by atoms with van der Waals surface area (Å²) in [6.07, 6.45) is -5.59. The van der Waals surface area contributed by atoms with Crippen LogP contribution in [0.1, 0.15) is 133 Å². The zero-order valence-electron chi connectivity index (χ0n) is 82.4. The molecule has 3 heterocycles. The van der Waals surface area contributed by atoms with E-state index in [0.717, 1.165) is 35.7 Å². The van der Waals surface area contributed by atoms with Crippen LogP contribution in [0, 0.1) is 5.92 Å². The Hall–Kier alpha value is -15.4. The number of nitrogens with two attached hydrogens (primary N) is 5. The third kappa shape index (κ3) is 37.5. The molecule has 0 spiro atoms. The largest absolute Gasteiger partial charge is 0.508 e. The van der Waals surface area contributed by atoms with Crippen molar-refractivity contribution in [1.82, 2.24) is 89.1 Å². The van der Waals surface area contributed by atoms with Gasteiger partial charge in [0.15, 0.2) is 0 Å². The number of carboxylic acids is 1. The Labute approximate surface area is 858 Å². The van der Waals surface area contributed by atoms with Crippen LogP contribution in [0.15, 0.2) is 97.1 Å². The first kappa shape index (κ1) is 121. The summed E-state index contributed by atoms with van der Waals surface area (Å²) in [5, 5.41) is 124. The number of thioether (sulfide) groups is 1. The molecule has 0 unspecified atom stereocenters. The number of aromatic hydroxyl groups is 4. The summed E-state index contributed by atoms with van der Waals surface area (Å²) in [6.45, 7) is 2.10. The van der Waals surface area contributed by atoms with E-state index in [1.807, 2.05) is 10.6 Å². The molecule has 0 aromatic heterocycles. The van der Waals surface area contributed by atoms with E-state index in [1.165, 1.54) is 102 Å². The van der Waals surface area contributed by atoms with E-state index < -0.39 is 322 Å². The van der Waals surface area contributed by atoms with E-state index in [9.17, 15) is 137 Å². The zero-order valence-corrected chi connectivity index (χ0v) is 83.2. The summed E-state index contributed by atoms with van der Waals surface area (Å²) in [6, 6.07) is -10.1. The van der Waals surface area contributed by atoms with E-state index in [2.05, 4.69) is 63.8 Å². The highest BCUT2D eigenvalue weighted by Gasteiger charge is 2.49. The molecule has 3 aliphatic heterocycles. The van der Waals surface area contributed by atoms with Crippen LogP contribution in [0.4, 0.5) is 0 Å². The van der Waals surface area contributed by atoms with Crippen molar-refractivity contribution >= 4 is 142 Å². The highest BCUT2D eigenvalue weighted by atomic mass is 32.2. The van der Waals surface area contributed by atoms with Gasteiger partial charge < -0.3 is 164 Å². The normalized spacial score (nSPS) is 17.5. The molecule has 19 atom stereocenters. The smallest absolute Gasteiger partial charge is 0.326 e. The SMILES string of the molecule is CSCC[C@H](NC(=O)[C@H](Cc1ccc(O)cc1)NC(=O)[C@@H](NC(=O)[C@H](CC(N)=O)NC(=O)[C@H](Cc1ccc(O)cc1)NC(=O)[C@H](CC(N)=O)NC(=O)[C@H](CO)NC(=O)[C@H](CO)NC(=O)[C@H](CO)NC(=O)[C@H](C)N)[C@@H](C)O)C(=O)N[C@@H](CCC(N)=O)C(=O)N[C@@H](Cc1ccc(O)cc1)C(=O)N[C@@H](CC(C)C)C(=O)N[C@@H](CC(N)=O)C(=O)N1CCC[C@H]1C(=O)N1CCC[C@H]1C(=O)N1CCC[C@H]1C(=O)N[C@@H](Cc1ccc(O)cc1)C(=O)O. The maximum Gasteiger partial charge on any atom is 0.326 e. The van der Waals surface area contributed by atoms with E-state index >= 15 is 14.4 Å². The first-order valence-corrected chi connectivity index (χ1v) is 49.2. The second-order valence-corrected chi connectivity index (χ2v) is 37.7. The van der Waals surface area contributed by atoms with Crippen LogP contribution >= 0.6 is 11.8 Å². The second kappa shape index (κ2) is 58.2. The molecule has 0 bridgehead atoms. The Morgan fingerprint density at radius 1 is 0.342 bits per heavy atom. The molecule has 149 heavy (non-hydrogen) atoms. The van der Waals surface area contributed by atoms with Crippen molar-refractivity contribution < 1.29 is 151 Å². The molecule has 33 N–H and O–H groups in total. The third-order valence-electron chi connectivity index (χ3n) is 24.4. The van der Waals surface area contributed by atoms with Gasteiger partial charge in [0.05, 0.1) is 51.2 Å². The number of phenols is 4. The summed E-state index contributed by atoms with van der Waals surface area (Å²) < 4.78 is 0. The van der Waals surface area contributed by atoms with E-state index in [1.54, 1.807) is 20.1 Å². The van der Waals surface area contributed by atoms with Crippen LogP contribution in [0.25, 0.3) is 0 Å². The van der Waals surface area contributed by atoms with Gasteiger partial charge in [0.25, 0.3) is 0 Å². The van der Waals surface area contributed by atoms with Crippen molar-refractivity contribution in [2.75, 3.05) is 51.5 Å². The molecule has 3 fully saturated rings. The van der Waals surface area contributed by atoms with Gasteiger partial charge in [0, 0.05) is 51.7 Å². The van der Waals surface area contributed by atoms with Crippen LogP contribution in [0.2, 0.25) is 0 Å². The summed E-state index contributed by atoms with van der Waals surface area (Å²) in [4.78, 5) is 311. The van der Waals surface area contributed by atoms with Gasteiger partial charge in [-0.15, -0.1) is 0 Å². The number of aliphatic hydroxyl groups excluding tert-OH is 4. The monoisotopic (exact) mass is 2110 g/mol. The standard InChI is InChI=1S/C95H132N22O31S/c1-46(2)35-59(81(133)109-65(42-76(100)129)92(144)116-32-7-10-71(116)94(146)117-33-8-11-72(117)93(145)115-31-6-9-70(115)90(142)110-66(95(147)148)39-52-18-26-56(125)27-19-52)103-83(135)60(36-49-12-20-53(122)21-13-49)104-79(131)57(28-29-73(97)126)101-80(132)58(30-34-149-5)102-82(134)62(38-51-16-24-55(124)25-17-51)108-91(143)77(48(4)121)114-86(138)64(41-75(99)128)106-84(136)61(37-50-14-22-54(123)23-15-50)105-85(137)63(40-74(98)127)107-87(139)68(44-119)112-89(141)69(45-120)113-88(140)67(43-118)111-78(130)47(3)96/h12-27,46-48,57-72,77,118-125H,6-11,28-45,96H2,1-5H3,(H2,97,126)(H2,98,127)(H2,99,128)(H2,100,129)(H,101,132)(H,102,134)(H,103,135)(H,104,131)(H,105,137)(H,106,136)(H,107,139)(H,108,143)(H,109,133)(H,110,142)(H,111,130)(H,112,141)(H,113,140)(H,114,138)(H,147,148)/t47-,48+,57-,58-,59-,60-,61-,62-,63-,64-,65-,66-,67-,68-,69-,70-,71-,72-,77-/m0/s1. The molecule has 3 saturated heterocycles. The molecular weight excluding hydrogens is 1980 g/mol. The first-order chi connectivity index (χ1) is 70.4. The Morgan fingerprint density at radius 2 is 0.631 bits per heavy atom. The number of aliphatic carboxylic acids is 1. The molecule has 53 nitrogen and oxygen atoms in total. The van der Waals surface area contributed by atoms with Crippen LogP contribution in [-0.2, 0) is 131 Å². The van der Waals surface area contributed by atoms with Gasteiger partial charge in [-0.3, -0.25) is 101 Å². The minimum atomic E-state index is -2.19. The highest BCUT2D eigenvalue weighted by molar-refractivity contribution is 7.98. The van der Waals surface area contributed by atoms with Crippen LogP contribution < -0.4 is 103 Å². The number of amides is 21. The predicted octanol–water partition coefficient (Wildman–Crippen LogP) is -9.98. The van der Waals surface area contributed by atoms with Gasteiger partial charge in [-0.05, 0) is 160 Å². The quantitative estimate of drug-likeness (QED) is 0.0195. The van der Waals surface area contributed by atoms with E-state index in [-0.39, 0.29) is 110 Å². The van der Waals surface area contributed by atoms with E-state index in [0.29, 0.717) is 18.4 Å². The summed E-state index contributed by atoms with van der Waals surface area (Å²) in [5.41, 5.74) is 29.0. The van der Waals surface area contributed by atoms with Crippen LogP contribution in [-0.4, -0.2) is 357 Å². The molecule has 0 aliphatic carbocycles. The maximum absolute atomic E-state index is 15.1. The highest BCUT2D eigenvalue weighted by Crippen LogP contribution is 2.31. The van der Waals surface area contributed by atoms with Gasteiger partial charge >= 0.3 is 5.97 Å². The molecule has 0 saturated carbocycles. The second-order valence-electron chi connectivity index (χ2n) is 36.7. The van der Waals surface area contributed by atoms with Gasteiger partial charge in [0.2, 0.25) is 124 Å². The Balaban J connectivity index is 1.09. The average Bonchev–Trinajstić information content (AvgIpc) is 1.64. The van der Waals surface area contributed by atoms with Crippen LogP contribution in [0.5, 0.6) is 23.0 Å². The number of nitrogens with zero attached hydrogens (tertiary/aromatic N) is 3. The van der Waals surface area contributed by atoms with E-state index in [4.69, 9.17) is 28.7 Å². The minimum Gasteiger partial charge on any atom is -0.508 e. The molecule has 54 heteroatoms. The van der Waals surface area contributed by atoms with Gasteiger partial charge in [-0.1, -0.05) is 62.4 Å². The van der Waals surface area contributed by atoms with Crippen molar-refractivity contribution in [3.05, 3.63) is 119 Å². The molecular formula is C95H132N22O31S.